The number of fused-ring (bicyclic) bond motifs is 1. The second kappa shape index (κ2) is 6.03. The van der Waals surface area contributed by atoms with Crippen LogP contribution in [0, 0.1) is 0 Å². The maximum Gasteiger partial charge on any atom is 0.252 e. The molecule has 0 aliphatic carbocycles. The molecule has 3 N–H and O–H groups in total. The minimum absolute atomic E-state index is 0.0463. The topological polar surface area (TPSA) is 70.6 Å². The molecule has 1 saturated heterocycles. The molecule has 0 saturated carbocycles. The minimum Gasteiger partial charge on any atom is -0.394 e. The summed E-state index contributed by atoms with van der Waals surface area (Å²) in [5.74, 6) is -0.0912. The van der Waals surface area contributed by atoms with Crippen LogP contribution < -0.4 is 10.6 Å². The van der Waals surface area contributed by atoms with E-state index in [0.717, 1.165) is 36.2 Å². The van der Waals surface area contributed by atoms with Crippen molar-refractivity contribution in [3.05, 3.63) is 29.3 Å². The summed E-state index contributed by atoms with van der Waals surface area (Å²) in [6, 6.07) is 5.79. The number of ether oxygens (including phenoxy) is 1. The summed E-state index contributed by atoms with van der Waals surface area (Å²) in [4.78, 5) is 12.7. The van der Waals surface area contributed by atoms with Crippen molar-refractivity contribution in [1.29, 1.82) is 0 Å². The van der Waals surface area contributed by atoms with E-state index < -0.39 is 5.54 Å². The summed E-state index contributed by atoms with van der Waals surface area (Å²) in [5, 5.41) is 16.1. The lowest BCUT2D eigenvalue weighted by Crippen LogP contribution is -2.54. The number of aliphatic hydroxyl groups is 1. The van der Waals surface area contributed by atoms with Crippen LogP contribution in [-0.4, -0.2) is 42.9 Å². The van der Waals surface area contributed by atoms with E-state index >= 15 is 0 Å². The average molecular weight is 290 g/mol. The summed E-state index contributed by atoms with van der Waals surface area (Å²) < 4.78 is 5.33. The highest BCUT2D eigenvalue weighted by Gasteiger charge is 2.34. The predicted octanol–water partition coefficient (Wildman–Crippen LogP) is 1.32. The number of rotatable bonds is 3. The Labute approximate surface area is 124 Å². The first kappa shape index (κ1) is 14.4. The van der Waals surface area contributed by atoms with Gasteiger partial charge in [-0.3, -0.25) is 4.79 Å². The van der Waals surface area contributed by atoms with Gasteiger partial charge in [0.15, 0.2) is 0 Å². The molecule has 114 valence electrons. The van der Waals surface area contributed by atoms with Gasteiger partial charge in [0, 0.05) is 31.0 Å². The molecule has 1 aromatic carbocycles. The molecule has 1 amide bonds. The monoisotopic (exact) mass is 290 g/mol. The number of aliphatic hydroxyl groups excluding tert-OH is 1. The van der Waals surface area contributed by atoms with Gasteiger partial charge in [0.1, 0.15) is 0 Å². The highest BCUT2D eigenvalue weighted by Crippen LogP contribution is 2.27. The van der Waals surface area contributed by atoms with Crippen LogP contribution in [0.4, 0.5) is 5.69 Å². The van der Waals surface area contributed by atoms with Gasteiger partial charge in [0.25, 0.3) is 5.91 Å². The first-order chi connectivity index (χ1) is 10.2. The lowest BCUT2D eigenvalue weighted by molar-refractivity contribution is 0.0125. The maximum absolute atomic E-state index is 12.7. The van der Waals surface area contributed by atoms with Crippen molar-refractivity contribution in [2.75, 3.05) is 31.7 Å². The first-order valence-corrected chi connectivity index (χ1v) is 7.61. The van der Waals surface area contributed by atoms with E-state index in [1.807, 2.05) is 18.2 Å². The molecule has 0 bridgehead atoms. The SMILES string of the molecule is O=C(NC1(CO)CCOCC1)c1cccc2c1CCCN2. The molecule has 1 fully saturated rings. The van der Waals surface area contributed by atoms with Crippen molar-refractivity contribution in [3.8, 4) is 0 Å². The molecule has 2 aliphatic rings. The highest BCUT2D eigenvalue weighted by molar-refractivity contribution is 5.97. The van der Waals surface area contributed by atoms with E-state index in [4.69, 9.17) is 4.74 Å². The lowest BCUT2D eigenvalue weighted by atomic mass is 9.89. The number of anilines is 1. The zero-order chi connectivity index (χ0) is 14.7. The standard InChI is InChI=1S/C16H22N2O3/c19-11-16(6-9-21-10-7-16)18-15(20)13-3-1-5-14-12(13)4-2-8-17-14/h1,3,5,17,19H,2,4,6-11H2,(H,18,20). The molecular weight excluding hydrogens is 268 g/mol. The predicted molar refractivity (Wildman–Crippen MR) is 80.6 cm³/mol. The Morgan fingerprint density at radius 2 is 2.19 bits per heavy atom. The summed E-state index contributed by atoms with van der Waals surface area (Å²) in [6.45, 7) is 2.07. The molecule has 0 radical (unpaired) electrons. The molecule has 5 heteroatoms. The molecule has 2 aliphatic heterocycles. The molecule has 1 aromatic rings. The van der Waals surface area contributed by atoms with Gasteiger partial charge < -0.3 is 20.5 Å². The molecule has 0 spiro atoms. The van der Waals surface area contributed by atoms with Crippen LogP contribution in [0.15, 0.2) is 18.2 Å². The Morgan fingerprint density at radius 3 is 2.95 bits per heavy atom. The number of nitrogens with one attached hydrogen (secondary N) is 2. The normalized spacial score (nSPS) is 20.2. The summed E-state index contributed by atoms with van der Waals surface area (Å²) in [5.41, 5.74) is 2.32. The minimum atomic E-state index is -0.542. The zero-order valence-electron chi connectivity index (χ0n) is 12.2. The molecule has 0 unspecified atom stereocenters. The Kier molecular flexibility index (Phi) is 4.12. The van der Waals surface area contributed by atoms with E-state index in [0.29, 0.717) is 26.1 Å². The fourth-order valence-corrected chi connectivity index (χ4v) is 3.12. The van der Waals surface area contributed by atoms with Gasteiger partial charge in [-0.1, -0.05) is 6.07 Å². The molecule has 2 heterocycles. The van der Waals surface area contributed by atoms with Crippen molar-refractivity contribution in [2.45, 2.75) is 31.2 Å². The van der Waals surface area contributed by atoms with Gasteiger partial charge in [0.05, 0.1) is 12.1 Å². The second-order valence-electron chi connectivity index (χ2n) is 5.87. The van der Waals surface area contributed by atoms with E-state index in [1.54, 1.807) is 0 Å². The molecule has 5 nitrogen and oxygen atoms in total. The summed E-state index contributed by atoms with van der Waals surface area (Å²) in [7, 11) is 0. The molecule has 21 heavy (non-hydrogen) atoms. The number of hydrogen-bond donors (Lipinski definition) is 3. The molecule has 3 rings (SSSR count). The van der Waals surface area contributed by atoms with E-state index in [9.17, 15) is 9.90 Å². The fraction of sp³-hybridized carbons (Fsp3) is 0.562. The summed E-state index contributed by atoms with van der Waals surface area (Å²) >= 11 is 0. The second-order valence-corrected chi connectivity index (χ2v) is 5.87. The zero-order valence-corrected chi connectivity index (χ0v) is 12.2. The van der Waals surface area contributed by atoms with Crippen LogP contribution in [0.1, 0.15) is 35.2 Å². The Hall–Kier alpha value is -1.59. The van der Waals surface area contributed by atoms with Gasteiger partial charge in [-0.15, -0.1) is 0 Å². The van der Waals surface area contributed by atoms with Crippen LogP contribution in [0.25, 0.3) is 0 Å². The van der Waals surface area contributed by atoms with Gasteiger partial charge in [-0.2, -0.15) is 0 Å². The van der Waals surface area contributed by atoms with Gasteiger partial charge in [-0.05, 0) is 43.4 Å². The lowest BCUT2D eigenvalue weighted by Gasteiger charge is -2.36. The third kappa shape index (κ3) is 2.89. The van der Waals surface area contributed by atoms with Crippen LogP contribution in [-0.2, 0) is 11.2 Å². The number of carbonyl (C=O) groups excluding carboxylic acids is 1. The van der Waals surface area contributed by atoms with Crippen LogP contribution >= 0.6 is 0 Å². The van der Waals surface area contributed by atoms with E-state index in [-0.39, 0.29) is 12.5 Å². The Balaban J connectivity index is 1.82. The van der Waals surface area contributed by atoms with Crippen molar-refractivity contribution >= 4 is 11.6 Å². The number of amides is 1. The van der Waals surface area contributed by atoms with Crippen molar-refractivity contribution in [2.24, 2.45) is 0 Å². The number of carbonyl (C=O) groups is 1. The largest absolute Gasteiger partial charge is 0.394 e. The molecular formula is C16H22N2O3. The first-order valence-electron chi connectivity index (χ1n) is 7.61. The third-order valence-corrected chi connectivity index (χ3v) is 4.47. The summed E-state index contributed by atoms with van der Waals surface area (Å²) in [6.07, 6.45) is 3.27. The quantitative estimate of drug-likeness (QED) is 0.785. The van der Waals surface area contributed by atoms with Crippen molar-refractivity contribution in [1.82, 2.24) is 5.32 Å². The van der Waals surface area contributed by atoms with E-state index in [1.165, 1.54) is 0 Å². The number of hydrogen-bond acceptors (Lipinski definition) is 4. The van der Waals surface area contributed by atoms with E-state index in [2.05, 4.69) is 10.6 Å². The molecule has 0 atom stereocenters. The Bertz CT molecular complexity index is 524. The fourth-order valence-electron chi connectivity index (χ4n) is 3.12. The Morgan fingerprint density at radius 1 is 1.38 bits per heavy atom. The van der Waals surface area contributed by atoms with Gasteiger partial charge in [-0.25, -0.2) is 0 Å². The third-order valence-electron chi connectivity index (χ3n) is 4.47. The molecule has 0 aromatic heterocycles. The van der Waals surface area contributed by atoms with Crippen LogP contribution in [0.3, 0.4) is 0 Å². The highest BCUT2D eigenvalue weighted by atomic mass is 16.5. The van der Waals surface area contributed by atoms with Crippen molar-refractivity contribution < 1.29 is 14.6 Å². The van der Waals surface area contributed by atoms with Crippen LogP contribution in [0.5, 0.6) is 0 Å². The smallest absolute Gasteiger partial charge is 0.252 e. The van der Waals surface area contributed by atoms with Gasteiger partial charge in [0.2, 0.25) is 0 Å². The number of benzene rings is 1. The maximum atomic E-state index is 12.7. The van der Waals surface area contributed by atoms with Crippen LogP contribution in [0.2, 0.25) is 0 Å². The van der Waals surface area contributed by atoms with Crippen molar-refractivity contribution in [3.63, 3.8) is 0 Å². The average Bonchev–Trinajstić information content (AvgIpc) is 2.55. The van der Waals surface area contributed by atoms with Gasteiger partial charge >= 0.3 is 0 Å².